The van der Waals surface area contributed by atoms with E-state index in [2.05, 4.69) is 15.3 Å². The first kappa shape index (κ1) is 12.0. The average Bonchev–Trinajstić information content (AvgIpc) is 3.07. The lowest BCUT2D eigenvalue weighted by Crippen LogP contribution is -2.32. The predicted octanol–water partition coefficient (Wildman–Crippen LogP) is 1.43. The molecule has 1 aliphatic rings. The second kappa shape index (κ2) is 4.53. The molecule has 6 nitrogen and oxygen atoms in total. The normalized spacial score (nSPS) is 19.1. The Bertz CT molecular complexity index is 600. The summed E-state index contributed by atoms with van der Waals surface area (Å²) in [4.78, 5) is 14.5. The number of carbonyl (C=O) groups is 1. The van der Waals surface area contributed by atoms with E-state index in [0.717, 1.165) is 30.6 Å². The number of H-pyrrole nitrogens is 1. The van der Waals surface area contributed by atoms with E-state index in [1.54, 1.807) is 30.2 Å². The molecule has 2 aromatic heterocycles. The van der Waals surface area contributed by atoms with Gasteiger partial charge in [0, 0.05) is 19.8 Å². The van der Waals surface area contributed by atoms with Gasteiger partial charge in [-0.3, -0.25) is 14.6 Å². The van der Waals surface area contributed by atoms with Gasteiger partial charge in [-0.2, -0.15) is 10.2 Å². The van der Waals surface area contributed by atoms with Crippen LogP contribution in [0.1, 0.15) is 40.6 Å². The lowest BCUT2D eigenvalue weighted by atomic mass is 10.1. The van der Waals surface area contributed by atoms with Crippen LogP contribution in [0.4, 0.5) is 0 Å². The lowest BCUT2D eigenvalue weighted by molar-refractivity contribution is 0.0721. The van der Waals surface area contributed by atoms with Crippen molar-refractivity contribution in [2.45, 2.75) is 25.8 Å². The molecule has 100 valence electrons. The van der Waals surface area contributed by atoms with Crippen molar-refractivity contribution in [1.82, 2.24) is 24.9 Å². The topological polar surface area (TPSA) is 66.8 Å². The Morgan fingerprint density at radius 1 is 1.53 bits per heavy atom. The number of hydrogen-bond acceptors (Lipinski definition) is 3. The zero-order valence-corrected chi connectivity index (χ0v) is 11.1. The number of amides is 1. The van der Waals surface area contributed by atoms with Crippen molar-refractivity contribution in [2.24, 2.45) is 7.05 Å². The minimum absolute atomic E-state index is 0.0384. The number of aryl methyl sites for hydroxylation is 2. The summed E-state index contributed by atoms with van der Waals surface area (Å²) in [6.07, 6.45) is 5.46. The van der Waals surface area contributed by atoms with E-state index in [-0.39, 0.29) is 11.9 Å². The summed E-state index contributed by atoms with van der Waals surface area (Å²) in [6, 6.07) is 1.86. The van der Waals surface area contributed by atoms with Gasteiger partial charge in [-0.15, -0.1) is 0 Å². The van der Waals surface area contributed by atoms with Crippen LogP contribution in [0.5, 0.6) is 0 Å². The van der Waals surface area contributed by atoms with Crippen molar-refractivity contribution in [3.8, 4) is 0 Å². The SMILES string of the molecule is Cc1cn[nH]c1[C@@H]1CCCN1C(=O)c1ccnn1C. The van der Waals surface area contributed by atoms with Gasteiger partial charge in [-0.25, -0.2) is 0 Å². The molecule has 0 radical (unpaired) electrons. The third kappa shape index (κ3) is 1.93. The van der Waals surface area contributed by atoms with E-state index >= 15 is 0 Å². The maximum absolute atomic E-state index is 12.6. The quantitative estimate of drug-likeness (QED) is 0.887. The Labute approximate surface area is 111 Å². The van der Waals surface area contributed by atoms with Crippen LogP contribution in [0.25, 0.3) is 0 Å². The lowest BCUT2D eigenvalue weighted by Gasteiger charge is -2.24. The molecule has 6 heteroatoms. The Kier molecular flexibility index (Phi) is 2.85. The number of carbonyl (C=O) groups excluding carboxylic acids is 1. The Balaban J connectivity index is 1.90. The highest BCUT2D eigenvalue weighted by Gasteiger charge is 2.33. The van der Waals surface area contributed by atoms with Crippen LogP contribution in [-0.2, 0) is 7.05 Å². The van der Waals surface area contributed by atoms with E-state index in [1.165, 1.54) is 0 Å². The number of aromatic nitrogens is 4. The van der Waals surface area contributed by atoms with Crippen molar-refractivity contribution in [1.29, 1.82) is 0 Å². The van der Waals surface area contributed by atoms with Crippen molar-refractivity contribution < 1.29 is 4.79 Å². The Morgan fingerprint density at radius 3 is 3.00 bits per heavy atom. The molecule has 0 aromatic carbocycles. The molecule has 1 saturated heterocycles. The molecule has 1 aliphatic heterocycles. The van der Waals surface area contributed by atoms with E-state index in [0.29, 0.717) is 5.69 Å². The Hall–Kier alpha value is -2.11. The predicted molar refractivity (Wildman–Crippen MR) is 69.5 cm³/mol. The molecule has 2 aromatic rings. The molecule has 1 N–H and O–H groups in total. The zero-order chi connectivity index (χ0) is 13.4. The van der Waals surface area contributed by atoms with Crippen molar-refractivity contribution >= 4 is 5.91 Å². The van der Waals surface area contributed by atoms with Crippen LogP contribution in [0.15, 0.2) is 18.5 Å². The maximum Gasteiger partial charge on any atom is 0.272 e. The molecule has 0 aliphatic carbocycles. The summed E-state index contributed by atoms with van der Waals surface area (Å²) in [6.45, 7) is 2.80. The van der Waals surface area contributed by atoms with Gasteiger partial charge in [-0.05, 0) is 31.4 Å². The van der Waals surface area contributed by atoms with Gasteiger partial charge >= 0.3 is 0 Å². The molecule has 1 amide bonds. The zero-order valence-electron chi connectivity index (χ0n) is 11.1. The largest absolute Gasteiger partial charge is 0.329 e. The molecule has 3 heterocycles. The minimum atomic E-state index is 0.0384. The summed E-state index contributed by atoms with van der Waals surface area (Å²) >= 11 is 0. The van der Waals surface area contributed by atoms with Crippen LogP contribution in [0.2, 0.25) is 0 Å². The molecule has 19 heavy (non-hydrogen) atoms. The number of nitrogens with one attached hydrogen (secondary N) is 1. The van der Waals surface area contributed by atoms with Crippen LogP contribution < -0.4 is 0 Å². The fourth-order valence-electron chi connectivity index (χ4n) is 2.73. The third-order valence-electron chi connectivity index (χ3n) is 3.75. The number of aromatic amines is 1. The standard InChI is InChI=1S/C13H17N5O/c1-9-8-14-16-12(9)10-4-3-7-18(10)13(19)11-5-6-15-17(11)2/h5-6,8,10H,3-4,7H2,1-2H3,(H,14,16)/t10-/m0/s1. The summed E-state index contributed by atoms with van der Waals surface area (Å²) in [5.41, 5.74) is 2.78. The monoisotopic (exact) mass is 259 g/mol. The molecule has 1 fully saturated rings. The summed E-state index contributed by atoms with van der Waals surface area (Å²) in [5.74, 6) is 0.0384. The first-order valence-electron chi connectivity index (χ1n) is 6.47. The van der Waals surface area contributed by atoms with Gasteiger partial charge < -0.3 is 4.90 Å². The van der Waals surface area contributed by atoms with Crippen LogP contribution in [0, 0.1) is 6.92 Å². The number of rotatable bonds is 2. The molecular weight excluding hydrogens is 242 g/mol. The van der Waals surface area contributed by atoms with Gasteiger partial charge in [0.2, 0.25) is 0 Å². The maximum atomic E-state index is 12.6. The highest BCUT2D eigenvalue weighted by atomic mass is 16.2. The molecular formula is C13H17N5O. The van der Waals surface area contributed by atoms with E-state index < -0.39 is 0 Å². The number of likely N-dealkylation sites (tertiary alicyclic amines) is 1. The van der Waals surface area contributed by atoms with Crippen molar-refractivity contribution in [3.63, 3.8) is 0 Å². The molecule has 0 unspecified atom stereocenters. The fraction of sp³-hybridized carbons (Fsp3) is 0.462. The van der Waals surface area contributed by atoms with Crippen LogP contribution in [0.3, 0.4) is 0 Å². The summed E-state index contributed by atoms with van der Waals surface area (Å²) < 4.78 is 1.62. The van der Waals surface area contributed by atoms with E-state index in [4.69, 9.17) is 0 Å². The van der Waals surface area contributed by atoms with Crippen LogP contribution in [-0.4, -0.2) is 37.3 Å². The van der Waals surface area contributed by atoms with E-state index in [9.17, 15) is 4.79 Å². The average molecular weight is 259 g/mol. The molecule has 0 bridgehead atoms. The van der Waals surface area contributed by atoms with Crippen LogP contribution >= 0.6 is 0 Å². The second-order valence-electron chi connectivity index (χ2n) is 4.96. The molecule has 0 spiro atoms. The fourth-order valence-corrected chi connectivity index (χ4v) is 2.73. The van der Waals surface area contributed by atoms with E-state index in [1.807, 2.05) is 11.8 Å². The van der Waals surface area contributed by atoms with Gasteiger partial charge in [0.25, 0.3) is 5.91 Å². The highest BCUT2D eigenvalue weighted by Crippen LogP contribution is 2.33. The second-order valence-corrected chi connectivity index (χ2v) is 4.96. The van der Waals surface area contributed by atoms with Gasteiger partial charge in [0.15, 0.2) is 0 Å². The summed E-state index contributed by atoms with van der Waals surface area (Å²) in [5, 5.41) is 11.1. The number of nitrogens with zero attached hydrogens (tertiary/aromatic N) is 4. The molecule has 3 rings (SSSR count). The van der Waals surface area contributed by atoms with Crippen molar-refractivity contribution in [3.05, 3.63) is 35.4 Å². The first-order valence-corrected chi connectivity index (χ1v) is 6.47. The minimum Gasteiger partial charge on any atom is -0.329 e. The molecule has 1 atom stereocenters. The van der Waals surface area contributed by atoms with Crippen molar-refractivity contribution in [2.75, 3.05) is 6.54 Å². The van der Waals surface area contributed by atoms with Gasteiger partial charge in [0.05, 0.1) is 17.9 Å². The smallest absolute Gasteiger partial charge is 0.272 e. The Morgan fingerprint density at radius 2 is 2.37 bits per heavy atom. The highest BCUT2D eigenvalue weighted by molar-refractivity contribution is 5.93. The first-order chi connectivity index (χ1) is 9.18. The third-order valence-corrected chi connectivity index (χ3v) is 3.75. The molecule has 0 saturated carbocycles. The summed E-state index contributed by atoms with van der Waals surface area (Å²) in [7, 11) is 1.79. The van der Waals surface area contributed by atoms with Gasteiger partial charge in [0.1, 0.15) is 5.69 Å². The van der Waals surface area contributed by atoms with Gasteiger partial charge in [-0.1, -0.05) is 0 Å². The number of hydrogen-bond donors (Lipinski definition) is 1.